The van der Waals surface area contributed by atoms with Crippen molar-refractivity contribution in [1.82, 2.24) is 5.32 Å². The molecular weight excluding hydrogens is 316 g/mol. The van der Waals surface area contributed by atoms with Gasteiger partial charge in [-0.2, -0.15) is 0 Å². The van der Waals surface area contributed by atoms with Gasteiger partial charge in [-0.05, 0) is 30.2 Å². The first-order valence-corrected chi connectivity index (χ1v) is 8.30. The van der Waals surface area contributed by atoms with Crippen LogP contribution < -0.4 is 15.8 Å². The molecule has 1 atom stereocenters. The van der Waals surface area contributed by atoms with Crippen molar-refractivity contribution in [2.75, 3.05) is 6.54 Å². The van der Waals surface area contributed by atoms with Gasteiger partial charge in [0.2, 0.25) is 5.91 Å². The molecule has 0 aromatic heterocycles. The molecule has 3 N–H and O–H groups in total. The van der Waals surface area contributed by atoms with Crippen LogP contribution in [0.4, 0.5) is 0 Å². The third-order valence-electron chi connectivity index (χ3n) is 3.65. The van der Waals surface area contributed by atoms with Crippen LogP contribution in [0, 0.1) is 0 Å². The molecule has 0 saturated heterocycles. The molecule has 2 aromatic rings. The molecule has 0 heterocycles. The number of hydrogen-bond acceptors (Lipinski definition) is 4. The highest BCUT2D eigenvalue weighted by Crippen LogP contribution is 2.14. The zero-order chi connectivity index (χ0) is 18.1. The van der Waals surface area contributed by atoms with Gasteiger partial charge in [0.25, 0.3) is 0 Å². The van der Waals surface area contributed by atoms with Gasteiger partial charge in [0.15, 0.2) is 0 Å². The highest BCUT2D eigenvalue weighted by atomic mass is 16.5. The van der Waals surface area contributed by atoms with Gasteiger partial charge >= 0.3 is 0 Å². The van der Waals surface area contributed by atoms with Crippen molar-refractivity contribution < 1.29 is 14.3 Å². The molecular formula is C20H24N2O3. The maximum absolute atomic E-state index is 11.9. The molecule has 5 heteroatoms. The second-order valence-corrected chi connectivity index (χ2v) is 6.07. The average molecular weight is 340 g/mol. The Labute approximate surface area is 148 Å². The first-order chi connectivity index (χ1) is 12.0. The van der Waals surface area contributed by atoms with E-state index in [1.165, 1.54) is 6.92 Å². The molecule has 0 saturated carbocycles. The molecule has 5 nitrogen and oxygen atoms in total. The Balaban J connectivity index is 1.75. The Bertz CT molecular complexity index is 684. The normalized spacial score (nSPS) is 11.6. The Morgan fingerprint density at radius 3 is 2.36 bits per heavy atom. The van der Waals surface area contributed by atoms with Crippen molar-refractivity contribution >= 4 is 11.7 Å². The lowest BCUT2D eigenvalue weighted by molar-refractivity contribution is -0.121. The molecule has 132 valence electrons. The summed E-state index contributed by atoms with van der Waals surface area (Å²) in [6.45, 7) is 2.30. The number of nitrogens with two attached hydrogens (primary N) is 1. The fourth-order valence-electron chi connectivity index (χ4n) is 2.38. The summed E-state index contributed by atoms with van der Waals surface area (Å²) in [7, 11) is 0. The number of nitrogens with one attached hydrogen (secondary N) is 1. The topological polar surface area (TPSA) is 81.4 Å². The number of ketones is 1. The maximum Gasteiger partial charge on any atom is 0.224 e. The highest BCUT2D eigenvalue weighted by Gasteiger charge is 2.09. The SMILES string of the molecule is CC(=O)C[C@@H](N)CNC(=O)Cc1ccc(OCc2ccccc2)cc1. The lowest BCUT2D eigenvalue weighted by atomic mass is 10.1. The van der Waals surface area contributed by atoms with Gasteiger partial charge in [0, 0.05) is 19.0 Å². The number of rotatable bonds is 9. The first-order valence-electron chi connectivity index (χ1n) is 8.30. The number of Topliss-reactive ketones (excluding diaryl/α,β-unsaturated/α-hetero) is 1. The van der Waals surface area contributed by atoms with Crippen LogP contribution >= 0.6 is 0 Å². The smallest absolute Gasteiger partial charge is 0.224 e. The Kier molecular flexibility index (Phi) is 7.16. The Morgan fingerprint density at radius 1 is 1.04 bits per heavy atom. The van der Waals surface area contributed by atoms with Crippen molar-refractivity contribution in [3.05, 3.63) is 65.7 Å². The molecule has 2 rings (SSSR count). The van der Waals surface area contributed by atoms with E-state index in [1.807, 2.05) is 54.6 Å². The summed E-state index contributed by atoms with van der Waals surface area (Å²) in [5, 5.41) is 2.75. The van der Waals surface area contributed by atoms with E-state index in [-0.39, 0.29) is 30.6 Å². The van der Waals surface area contributed by atoms with E-state index in [0.717, 1.165) is 16.9 Å². The van der Waals surface area contributed by atoms with Crippen LogP contribution in [0.15, 0.2) is 54.6 Å². The van der Waals surface area contributed by atoms with Crippen molar-refractivity contribution in [2.45, 2.75) is 32.4 Å². The van der Waals surface area contributed by atoms with Gasteiger partial charge in [0.1, 0.15) is 18.1 Å². The number of amides is 1. The fraction of sp³-hybridized carbons (Fsp3) is 0.300. The molecule has 0 aliphatic carbocycles. The predicted octanol–water partition coefficient (Wildman–Crippen LogP) is 2.23. The zero-order valence-corrected chi connectivity index (χ0v) is 14.4. The number of carbonyl (C=O) groups excluding carboxylic acids is 2. The lowest BCUT2D eigenvalue weighted by Gasteiger charge is -2.11. The summed E-state index contributed by atoms with van der Waals surface area (Å²) >= 11 is 0. The second-order valence-electron chi connectivity index (χ2n) is 6.07. The van der Waals surface area contributed by atoms with E-state index in [0.29, 0.717) is 13.2 Å². The minimum atomic E-state index is -0.338. The van der Waals surface area contributed by atoms with Crippen LogP contribution in [-0.4, -0.2) is 24.3 Å². The standard InChI is InChI=1S/C20H24N2O3/c1-15(23)11-18(21)13-22-20(24)12-16-7-9-19(10-8-16)25-14-17-5-3-2-4-6-17/h2-10,18H,11-14,21H2,1H3,(H,22,24)/t18-/m1/s1. The highest BCUT2D eigenvalue weighted by molar-refractivity contribution is 5.79. The molecule has 2 aromatic carbocycles. The van der Waals surface area contributed by atoms with Gasteiger partial charge < -0.3 is 15.8 Å². The van der Waals surface area contributed by atoms with Crippen LogP contribution in [0.3, 0.4) is 0 Å². The number of hydrogen-bond donors (Lipinski definition) is 2. The van der Waals surface area contributed by atoms with E-state index in [1.54, 1.807) is 0 Å². The molecule has 0 unspecified atom stereocenters. The number of ether oxygens (including phenoxy) is 1. The molecule has 0 radical (unpaired) electrons. The van der Waals surface area contributed by atoms with Crippen LogP contribution in [0.1, 0.15) is 24.5 Å². The van der Waals surface area contributed by atoms with E-state index in [2.05, 4.69) is 5.32 Å². The summed E-state index contributed by atoms with van der Waals surface area (Å²) in [5.74, 6) is 0.668. The molecule has 0 fully saturated rings. The molecule has 0 spiro atoms. The van der Waals surface area contributed by atoms with Gasteiger partial charge in [-0.25, -0.2) is 0 Å². The van der Waals surface area contributed by atoms with Crippen LogP contribution in [0.5, 0.6) is 5.75 Å². The Hall–Kier alpha value is -2.66. The molecule has 0 aliphatic rings. The summed E-state index contributed by atoms with van der Waals surface area (Å²) in [4.78, 5) is 22.9. The molecule has 0 bridgehead atoms. The quantitative estimate of drug-likeness (QED) is 0.733. The van der Waals surface area contributed by atoms with Crippen LogP contribution in [-0.2, 0) is 22.6 Å². The minimum absolute atomic E-state index is 0.0211. The van der Waals surface area contributed by atoms with Gasteiger partial charge in [-0.15, -0.1) is 0 Å². The summed E-state index contributed by atoms with van der Waals surface area (Å²) in [6, 6.07) is 17.0. The Morgan fingerprint density at radius 2 is 1.72 bits per heavy atom. The lowest BCUT2D eigenvalue weighted by Crippen LogP contribution is -2.38. The van der Waals surface area contributed by atoms with Crippen LogP contribution in [0.2, 0.25) is 0 Å². The zero-order valence-electron chi connectivity index (χ0n) is 14.4. The third-order valence-corrected chi connectivity index (χ3v) is 3.65. The van der Waals surface area contributed by atoms with Gasteiger partial charge in [-0.3, -0.25) is 9.59 Å². The summed E-state index contributed by atoms with van der Waals surface area (Å²) in [6.07, 6.45) is 0.541. The molecule has 0 aliphatic heterocycles. The monoisotopic (exact) mass is 340 g/mol. The largest absolute Gasteiger partial charge is 0.489 e. The van der Waals surface area contributed by atoms with Crippen molar-refractivity contribution in [1.29, 1.82) is 0 Å². The summed E-state index contributed by atoms with van der Waals surface area (Å²) in [5.41, 5.74) is 7.76. The predicted molar refractivity (Wildman–Crippen MR) is 97.2 cm³/mol. The molecule has 25 heavy (non-hydrogen) atoms. The van der Waals surface area contributed by atoms with Gasteiger partial charge in [0.05, 0.1) is 6.42 Å². The minimum Gasteiger partial charge on any atom is -0.489 e. The third kappa shape index (κ3) is 7.18. The second kappa shape index (κ2) is 9.59. The van der Waals surface area contributed by atoms with Crippen molar-refractivity contribution in [3.8, 4) is 5.75 Å². The molecule has 1 amide bonds. The van der Waals surface area contributed by atoms with Crippen molar-refractivity contribution in [3.63, 3.8) is 0 Å². The summed E-state index contributed by atoms with van der Waals surface area (Å²) < 4.78 is 5.72. The first kappa shape index (κ1) is 18.7. The van der Waals surface area contributed by atoms with Crippen LogP contribution in [0.25, 0.3) is 0 Å². The van der Waals surface area contributed by atoms with Crippen molar-refractivity contribution in [2.24, 2.45) is 5.73 Å². The van der Waals surface area contributed by atoms with E-state index in [4.69, 9.17) is 10.5 Å². The van der Waals surface area contributed by atoms with E-state index < -0.39 is 0 Å². The average Bonchev–Trinajstić information content (AvgIpc) is 2.60. The maximum atomic E-state index is 11.9. The van der Waals surface area contributed by atoms with E-state index >= 15 is 0 Å². The van der Waals surface area contributed by atoms with E-state index in [9.17, 15) is 9.59 Å². The fourth-order valence-corrected chi connectivity index (χ4v) is 2.38. The van der Waals surface area contributed by atoms with Gasteiger partial charge in [-0.1, -0.05) is 42.5 Å². The number of carbonyl (C=O) groups is 2. The number of benzene rings is 2.